The minimum absolute atomic E-state index is 0.174. The van der Waals surface area contributed by atoms with Gasteiger partial charge in [0.15, 0.2) is 17.6 Å². The summed E-state index contributed by atoms with van der Waals surface area (Å²) >= 11 is 0. The molecule has 0 bridgehead atoms. The summed E-state index contributed by atoms with van der Waals surface area (Å²) in [5.74, 6) is 1.01. The van der Waals surface area contributed by atoms with E-state index in [1.165, 1.54) is 5.82 Å². The Morgan fingerprint density at radius 2 is 2.05 bits per heavy atom. The van der Waals surface area contributed by atoms with Crippen LogP contribution in [-0.4, -0.2) is 17.1 Å². The smallest absolute Gasteiger partial charge is 0.348 e. The molecule has 4 heteroatoms. The van der Waals surface area contributed by atoms with E-state index in [0.29, 0.717) is 6.61 Å². The zero-order chi connectivity index (χ0) is 14.5. The molecule has 0 aliphatic carbocycles. The maximum Gasteiger partial charge on any atom is 0.348 e. The van der Waals surface area contributed by atoms with E-state index in [4.69, 9.17) is 4.74 Å². The van der Waals surface area contributed by atoms with E-state index in [1.54, 1.807) is 0 Å². The third-order valence-electron chi connectivity index (χ3n) is 3.58. The van der Waals surface area contributed by atoms with Crippen LogP contribution in [-0.2, 0) is 29.5 Å². The largest absolute Gasteiger partial charge is 0.463 e. The highest BCUT2D eigenvalue weighted by Gasteiger charge is 2.23. The van der Waals surface area contributed by atoms with E-state index >= 15 is 0 Å². The Kier molecular flexibility index (Phi) is 4.77. The number of benzene rings is 1. The summed E-state index contributed by atoms with van der Waals surface area (Å²) in [6.07, 6.45) is 3.23. The average molecular weight is 275 g/mol. The molecule has 2 rings (SSSR count). The number of fused-ring (bicyclic) bond motifs is 1. The Bertz CT molecular complexity index is 602. The molecule has 0 atom stereocenters. The Morgan fingerprint density at radius 3 is 2.75 bits per heavy atom. The van der Waals surface area contributed by atoms with Gasteiger partial charge in [0.05, 0.1) is 13.7 Å². The second kappa shape index (κ2) is 6.55. The number of rotatable bonds is 6. The van der Waals surface area contributed by atoms with E-state index < -0.39 is 0 Å². The highest BCUT2D eigenvalue weighted by molar-refractivity contribution is 5.76. The maximum absolute atomic E-state index is 11.8. The molecule has 0 aliphatic heterocycles. The number of imidazole rings is 1. The Morgan fingerprint density at radius 1 is 1.30 bits per heavy atom. The number of carbonyl (C=O) groups is 1. The molecule has 0 aliphatic rings. The highest BCUT2D eigenvalue weighted by Crippen LogP contribution is 2.15. The second-order valence-corrected chi connectivity index (χ2v) is 4.96. The minimum atomic E-state index is -0.174. The van der Waals surface area contributed by atoms with E-state index in [2.05, 4.69) is 35.2 Å². The first kappa shape index (κ1) is 14.6. The number of nitrogens with zero attached hydrogens (tertiary/aromatic N) is 2. The standard InChI is InChI=1S/C16H23N2O2/c1-4-6-11-15-17(3)13-9-7-8-10-14(13)18(15)12-16(19)20-5-2/h7-10H,4-6,11-12H2,1-3H3/q+1. The van der Waals surface area contributed by atoms with Crippen LogP contribution in [0, 0.1) is 0 Å². The van der Waals surface area contributed by atoms with Crippen LogP contribution < -0.4 is 4.57 Å². The molecule has 0 spiro atoms. The number of aryl methyl sites for hydroxylation is 1. The topological polar surface area (TPSA) is 35.1 Å². The molecule has 1 heterocycles. The molecule has 20 heavy (non-hydrogen) atoms. The molecule has 0 saturated heterocycles. The van der Waals surface area contributed by atoms with Gasteiger partial charge in [0.1, 0.15) is 0 Å². The first-order chi connectivity index (χ1) is 9.69. The maximum atomic E-state index is 11.8. The summed E-state index contributed by atoms with van der Waals surface area (Å²) in [5.41, 5.74) is 2.25. The molecule has 4 nitrogen and oxygen atoms in total. The van der Waals surface area contributed by atoms with Crippen LogP contribution in [0.15, 0.2) is 24.3 Å². The Balaban J connectivity index is 2.45. The third kappa shape index (κ3) is 2.84. The zero-order valence-corrected chi connectivity index (χ0v) is 12.6. The molecular formula is C16H23N2O2+. The van der Waals surface area contributed by atoms with Gasteiger partial charge in [-0.1, -0.05) is 25.5 Å². The summed E-state index contributed by atoms with van der Waals surface area (Å²) in [6.45, 7) is 4.73. The van der Waals surface area contributed by atoms with Crippen LogP contribution in [0.1, 0.15) is 32.5 Å². The number of ether oxygens (including phenoxy) is 1. The number of carbonyl (C=O) groups excluding carboxylic acids is 1. The summed E-state index contributed by atoms with van der Waals surface area (Å²) in [5, 5.41) is 0. The van der Waals surface area contributed by atoms with E-state index in [-0.39, 0.29) is 12.5 Å². The molecule has 0 fully saturated rings. The zero-order valence-electron chi connectivity index (χ0n) is 12.6. The van der Waals surface area contributed by atoms with Gasteiger partial charge in [-0.15, -0.1) is 0 Å². The third-order valence-corrected chi connectivity index (χ3v) is 3.58. The lowest BCUT2D eigenvalue weighted by molar-refractivity contribution is -0.654. The van der Waals surface area contributed by atoms with Crippen molar-refractivity contribution in [2.75, 3.05) is 6.61 Å². The normalized spacial score (nSPS) is 10.9. The molecule has 1 aromatic heterocycles. The summed E-state index contributed by atoms with van der Waals surface area (Å²) in [7, 11) is 2.06. The molecule has 0 saturated carbocycles. The molecule has 0 N–H and O–H groups in total. The quantitative estimate of drug-likeness (QED) is 0.599. The van der Waals surface area contributed by atoms with Gasteiger partial charge in [-0.05, 0) is 25.5 Å². The van der Waals surface area contributed by atoms with Crippen molar-refractivity contribution >= 4 is 17.0 Å². The van der Waals surface area contributed by atoms with E-state index in [1.807, 2.05) is 19.1 Å². The van der Waals surface area contributed by atoms with Crippen LogP contribution in [0.2, 0.25) is 0 Å². The van der Waals surface area contributed by atoms with Crippen molar-refractivity contribution in [1.29, 1.82) is 0 Å². The number of esters is 1. The lowest BCUT2D eigenvalue weighted by Crippen LogP contribution is -2.33. The number of para-hydroxylation sites is 2. The Labute approximate surface area is 120 Å². The van der Waals surface area contributed by atoms with Crippen LogP contribution in [0.3, 0.4) is 0 Å². The fourth-order valence-electron chi connectivity index (χ4n) is 2.58. The van der Waals surface area contributed by atoms with Crippen molar-refractivity contribution in [3.63, 3.8) is 0 Å². The van der Waals surface area contributed by atoms with Crippen LogP contribution in [0.25, 0.3) is 11.0 Å². The van der Waals surface area contributed by atoms with Crippen molar-refractivity contribution in [3.8, 4) is 0 Å². The van der Waals surface area contributed by atoms with Gasteiger partial charge in [0, 0.05) is 6.42 Å². The molecule has 108 valence electrons. The molecule has 0 radical (unpaired) electrons. The first-order valence-electron chi connectivity index (χ1n) is 7.30. The number of aromatic nitrogens is 2. The van der Waals surface area contributed by atoms with Gasteiger partial charge in [-0.25, -0.2) is 13.9 Å². The molecule has 2 aromatic rings. The predicted molar refractivity (Wildman–Crippen MR) is 78.4 cm³/mol. The van der Waals surface area contributed by atoms with Crippen LogP contribution in [0.4, 0.5) is 0 Å². The Hall–Kier alpha value is -1.84. The molecular weight excluding hydrogens is 252 g/mol. The van der Waals surface area contributed by atoms with Gasteiger partial charge in [0.2, 0.25) is 0 Å². The van der Waals surface area contributed by atoms with Gasteiger partial charge in [-0.3, -0.25) is 0 Å². The minimum Gasteiger partial charge on any atom is -0.463 e. The SMILES string of the molecule is CCCCc1n(CC(=O)OCC)c2ccccc2[n+]1C. The number of unbranched alkanes of at least 4 members (excludes halogenated alkanes) is 1. The first-order valence-corrected chi connectivity index (χ1v) is 7.30. The van der Waals surface area contributed by atoms with E-state index in [0.717, 1.165) is 30.3 Å². The predicted octanol–water partition coefficient (Wildman–Crippen LogP) is 2.37. The van der Waals surface area contributed by atoms with Gasteiger partial charge in [0.25, 0.3) is 5.82 Å². The molecule has 0 unspecified atom stereocenters. The monoisotopic (exact) mass is 275 g/mol. The van der Waals surface area contributed by atoms with Crippen LogP contribution >= 0.6 is 0 Å². The lowest BCUT2D eigenvalue weighted by Gasteiger charge is -2.03. The fourth-order valence-corrected chi connectivity index (χ4v) is 2.58. The van der Waals surface area contributed by atoms with Crippen molar-refractivity contribution in [3.05, 3.63) is 30.1 Å². The van der Waals surface area contributed by atoms with Crippen molar-refractivity contribution in [2.45, 2.75) is 39.7 Å². The van der Waals surface area contributed by atoms with E-state index in [9.17, 15) is 4.79 Å². The second-order valence-electron chi connectivity index (χ2n) is 4.96. The van der Waals surface area contributed by atoms with Gasteiger partial charge < -0.3 is 4.74 Å². The average Bonchev–Trinajstić information content (AvgIpc) is 2.71. The van der Waals surface area contributed by atoms with Gasteiger partial charge in [-0.2, -0.15) is 0 Å². The lowest BCUT2D eigenvalue weighted by atomic mass is 10.2. The van der Waals surface area contributed by atoms with Crippen molar-refractivity contribution in [2.24, 2.45) is 7.05 Å². The van der Waals surface area contributed by atoms with Crippen molar-refractivity contribution < 1.29 is 14.1 Å². The summed E-state index contributed by atoms with van der Waals surface area (Å²) in [6, 6.07) is 8.19. The fraction of sp³-hybridized carbons (Fsp3) is 0.500. The highest BCUT2D eigenvalue weighted by atomic mass is 16.5. The van der Waals surface area contributed by atoms with Gasteiger partial charge >= 0.3 is 5.97 Å². The number of hydrogen-bond donors (Lipinski definition) is 0. The number of hydrogen-bond acceptors (Lipinski definition) is 2. The molecule has 1 aromatic carbocycles. The van der Waals surface area contributed by atoms with Crippen molar-refractivity contribution in [1.82, 2.24) is 4.57 Å². The summed E-state index contributed by atoms with van der Waals surface area (Å²) < 4.78 is 9.37. The van der Waals surface area contributed by atoms with Crippen LogP contribution in [0.5, 0.6) is 0 Å². The summed E-state index contributed by atoms with van der Waals surface area (Å²) in [4.78, 5) is 11.8. The molecule has 0 amide bonds.